The number of amides is 1. The monoisotopic (exact) mass is 329 g/mol. The zero-order valence-electron chi connectivity index (χ0n) is 13.0. The van der Waals surface area contributed by atoms with Gasteiger partial charge < -0.3 is 10.2 Å². The van der Waals surface area contributed by atoms with Crippen LogP contribution in [0.1, 0.15) is 37.1 Å². The normalized spacial score (nSPS) is 21.1. The number of aromatic nitrogens is 3. The number of carbonyl (C=O) groups excluding carboxylic acids is 1. The number of nitrogens with one attached hydrogen (secondary N) is 1. The van der Waals surface area contributed by atoms with E-state index in [0.717, 1.165) is 42.1 Å². The molecule has 6 nitrogen and oxygen atoms in total. The van der Waals surface area contributed by atoms with E-state index >= 15 is 0 Å². The van der Waals surface area contributed by atoms with Gasteiger partial charge in [0.2, 0.25) is 5.95 Å². The molecule has 0 radical (unpaired) electrons. The van der Waals surface area contributed by atoms with Crippen molar-refractivity contribution in [1.29, 1.82) is 0 Å². The van der Waals surface area contributed by atoms with Crippen LogP contribution in [0.5, 0.6) is 0 Å². The first-order chi connectivity index (χ1) is 11.3. The minimum Gasteiger partial charge on any atom is -0.339 e. The quantitative estimate of drug-likeness (QED) is 0.920. The van der Waals surface area contributed by atoms with Crippen molar-refractivity contribution in [2.45, 2.75) is 32.2 Å². The first-order valence-electron chi connectivity index (χ1n) is 7.95. The summed E-state index contributed by atoms with van der Waals surface area (Å²) in [5, 5.41) is 9.61. The summed E-state index contributed by atoms with van der Waals surface area (Å²) in [5.74, 6) is 0.811. The average Bonchev–Trinajstić information content (AvgIpc) is 3.25. The first-order valence-corrected chi connectivity index (χ1v) is 8.83. The highest BCUT2D eigenvalue weighted by molar-refractivity contribution is 7.10. The van der Waals surface area contributed by atoms with Crippen LogP contribution in [-0.4, -0.2) is 38.7 Å². The molecule has 4 rings (SSSR count). The molecular formula is C16H19N5OS. The number of thiophene rings is 1. The molecular weight excluding hydrogens is 310 g/mol. The van der Waals surface area contributed by atoms with Crippen molar-refractivity contribution in [3.63, 3.8) is 0 Å². The van der Waals surface area contributed by atoms with E-state index in [1.807, 2.05) is 28.0 Å². The second kappa shape index (κ2) is 5.81. The summed E-state index contributed by atoms with van der Waals surface area (Å²) in [4.78, 5) is 20.5. The maximum absolute atomic E-state index is 13.2. The molecule has 2 aliphatic heterocycles. The standard InChI is InChI=1S/C16H19N5OS/c1-11-13(15(22)20-7-3-2-4-8-20)14(12-6-5-9-23-12)21-16(19-11)17-10-18-21/h5-6,9-10,14H,2-4,7-8H2,1H3,(H,17,18,19)/t14-/m0/s1. The van der Waals surface area contributed by atoms with Crippen molar-refractivity contribution in [2.24, 2.45) is 0 Å². The Balaban J connectivity index is 1.77. The van der Waals surface area contributed by atoms with Gasteiger partial charge in [-0.25, -0.2) is 4.68 Å². The van der Waals surface area contributed by atoms with Crippen molar-refractivity contribution >= 4 is 23.2 Å². The number of piperidine rings is 1. The van der Waals surface area contributed by atoms with Crippen LogP contribution < -0.4 is 5.32 Å². The van der Waals surface area contributed by atoms with E-state index in [0.29, 0.717) is 5.95 Å². The lowest BCUT2D eigenvalue weighted by molar-refractivity contribution is -0.128. The fraction of sp³-hybridized carbons (Fsp3) is 0.438. The SMILES string of the molecule is CC1=C(C(=O)N2CCCCC2)[C@H](c2cccs2)n2ncnc2N1. The molecule has 1 atom stereocenters. The zero-order valence-corrected chi connectivity index (χ0v) is 13.8. The van der Waals surface area contributed by atoms with Crippen LogP contribution in [0, 0.1) is 0 Å². The lowest BCUT2D eigenvalue weighted by atomic mass is 9.99. The van der Waals surface area contributed by atoms with Crippen molar-refractivity contribution in [3.05, 3.63) is 40.0 Å². The van der Waals surface area contributed by atoms with E-state index in [4.69, 9.17) is 0 Å². The molecule has 0 aliphatic carbocycles. The predicted octanol–water partition coefficient (Wildman–Crippen LogP) is 2.64. The van der Waals surface area contributed by atoms with E-state index in [1.54, 1.807) is 11.3 Å². The fourth-order valence-electron chi connectivity index (χ4n) is 3.35. The third kappa shape index (κ3) is 2.45. The summed E-state index contributed by atoms with van der Waals surface area (Å²) in [6.07, 6.45) is 4.92. The summed E-state index contributed by atoms with van der Waals surface area (Å²) in [5.41, 5.74) is 1.66. The largest absolute Gasteiger partial charge is 0.339 e. The third-order valence-corrected chi connectivity index (χ3v) is 5.41. The molecule has 0 unspecified atom stereocenters. The van der Waals surface area contributed by atoms with Gasteiger partial charge in [-0.2, -0.15) is 10.1 Å². The van der Waals surface area contributed by atoms with Crippen LogP contribution >= 0.6 is 11.3 Å². The van der Waals surface area contributed by atoms with Gasteiger partial charge in [0.1, 0.15) is 12.4 Å². The van der Waals surface area contributed by atoms with Crippen molar-refractivity contribution in [1.82, 2.24) is 19.7 Å². The Labute approximate surface area is 138 Å². The molecule has 2 aliphatic rings. The maximum Gasteiger partial charge on any atom is 0.254 e. The molecule has 0 spiro atoms. The Morgan fingerprint density at radius 2 is 2.17 bits per heavy atom. The van der Waals surface area contributed by atoms with E-state index in [9.17, 15) is 4.79 Å². The smallest absolute Gasteiger partial charge is 0.254 e. The summed E-state index contributed by atoms with van der Waals surface area (Å²) in [6, 6.07) is 3.88. The number of hydrogen-bond donors (Lipinski definition) is 1. The number of likely N-dealkylation sites (tertiary alicyclic amines) is 1. The highest BCUT2D eigenvalue weighted by atomic mass is 32.1. The van der Waals surface area contributed by atoms with Gasteiger partial charge in [0, 0.05) is 23.7 Å². The van der Waals surface area contributed by atoms with E-state index < -0.39 is 0 Å². The summed E-state index contributed by atoms with van der Waals surface area (Å²) in [6.45, 7) is 3.64. The minimum atomic E-state index is -0.192. The highest BCUT2D eigenvalue weighted by Gasteiger charge is 2.36. The van der Waals surface area contributed by atoms with Gasteiger partial charge in [-0.1, -0.05) is 6.07 Å². The average molecular weight is 329 g/mol. The minimum absolute atomic E-state index is 0.120. The molecule has 1 saturated heterocycles. The molecule has 1 fully saturated rings. The van der Waals surface area contributed by atoms with Crippen LogP contribution in [-0.2, 0) is 4.79 Å². The molecule has 2 aromatic rings. The molecule has 4 heterocycles. The zero-order chi connectivity index (χ0) is 15.8. The Morgan fingerprint density at radius 1 is 1.35 bits per heavy atom. The number of rotatable bonds is 2. The number of fused-ring (bicyclic) bond motifs is 1. The lowest BCUT2D eigenvalue weighted by Gasteiger charge is -2.33. The maximum atomic E-state index is 13.2. The number of carbonyl (C=O) groups is 1. The van der Waals surface area contributed by atoms with Crippen molar-refractivity contribution < 1.29 is 4.79 Å². The van der Waals surface area contributed by atoms with E-state index in [2.05, 4.69) is 21.5 Å². The van der Waals surface area contributed by atoms with Gasteiger partial charge >= 0.3 is 0 Å². The van der Waals surface area contributed by atoms with Crippen LogP contribution in [0.2, 0.25) is 0 Å². The molecule has 23 heavy (non-hydrogen) atoms. The van der Waals surface area contributed by atoms with Crippen molar-refractivity contribution in [2.75, 3.05) is 18.4 Å². The number of hydrogen-bond acceptors (Lipinski definition) is 5. The summed E-state index contributed by atoms with van der Waals surface area (Å²) in [7, 11) is 0. The summed E-state index contributed by atoms with van der Waals surface area (Å²) >= 11 is 1.64. The van der Waals surface area contributed by atoms with Crippen LogP contribution in [0.15, 0.2) is 35.1 Å². The molecule has 120 valence electrons. The van der Waals surface area contributed by atoms with Crippen LogP contribution in [0.3, 0.4) is 0 Å². The molecule has 1 N–H and O–H groups in total. The number of nitrogens with zero attached hydrogens (tertiary/aromatic N) is 4. The summed E-state index contributed by atoms with van der Waals surface area (Å²) < 4.78 is 1.82. The molecule has 0 bridgehead atoms. The first kappa shape index (κ1) is 14.4. The number of allylic oxidation sites excluding steroid dienone is 1. The highest BCUT2D eigenvalue weighted by Crippen LogP contribution is 2.37. The van der Waals surface area contributed by atoms with Gasteiger partial charge in [0.05, 0.1) is 5.57 Å². The molecule has 0 saturated carbocycles. The van der Waals surface area contributed by atoms with Gasteiger partial charge in [-0.15, -0.1) is 11.3 Å². The third-order valence-electron chi connectivity index (χ3n) is 4.48. The van der Waals surface area contributed by atoms with E-state index in [-0.39, 0.29) is 11.9 Å². The Bertz CT molecular complexity index is 742. The van der Waals surface area contributed by atoms with Gasteiger partial charge in [0.25, 0.3) is 5.91 Å². The Morgan fingerprint density at radius 3 is 2.91 bits per heavy atom. The van der Waals surface area contributed by atoms with Gasteiger partial charge in [0.15, 0.2) is 0 Å². The van der Waals surface area contributed by atoms with Crippen LogP contribution in [0.25, 0.3) is 0 Å². The Kier molecular flexibility index (Phi) is 3.65. The second-order valence-corrected chi connectivity index (χ2v) is 6.94. The van der Waals surface area contributed by atoms with Crippen molar-refractivity contribution in [3.8, 4) is 0 Å². The molecule has 2 aromatic heterocycles. The predicted molar refractivity (Wildman–Crippen MR) is 89.2 cm³/mol. The van der Waals surface area contributed by atoms with Crippen LogP contribution in [0.4, 0.5) is 5.95 Å². The molecule has 1 amide bonds. The molecule has 7 heteroatoms. The van der Waals surface area contributed by atoms with Gasteiger partial charge in [-0.3, -0.25) is 4.79 Å². The lowest BCUT2D eigenvalue weighted by Crippen LogP contribution is -2.40. The second-order valence-electron chi connectivity index (χ2n) is 5.96. The van der Waals surface area contributed by atoms with E-state index in [1.165, 1.54) is 12.7 Å². The fourth-order valence-corrected chi connectivity index (χ4v) is 4.16. The van der Waals surface area contributed by atoms with Gasteiger partial charge in [-0.05, 0) is 37.6 Å². The molecule has 0 aromatic carbocycles. The number of anilines is 1. The topological polar surface area (TPSA) is 63.1 Å². The Hall–Kier alpha value is -2.15.